The maximum absolute atomic E-state index is 13.0. The van der Waals surface area contributed by atoms with Crippen LogP contribution in [0.3, 0.4) is 0 Å². The Morgan fingerprint density at radius 1 is 0.871 bits per heavy atom. The second-order valence-corrected chi connectivity index (χ2v) is 6.81. The maximum atomic E-state index is 13.0. The van der Waals surface area contributed by atoms with E-state index < -0.39 is 5.91 Å². The van der Waals surface area contributed by atoms with E-state index >= 15 is 0 Å². The van der Waals surface area contributed by atoms with Crippen LogP contribution in [0.15, 0.2) is 78.5 Å². The fourth-order valence-corrected chi connectivity index (χ4v) is 2.95. The van der Waals surface area contributed by atoms with Crippen molar-refractivity contribution in [2.24, 2.45) is 0 Å². The van der Waals surface area contributed by atoms with Crippen LogP contribution in [0.5, 0.6) is 11.5 Å². The average Bonchev–Trinajstić information content (AvgIpc) is 2.79. The molecule has 6 nitrogen and oxygen atoms in total. The van der Waals surface area contributed by atoms with Gasteiger partial charge < -0.3 is 20.1 Å². The molecule has 0 saturated carbocycles. The fraction of sp³-hybridized carbons (Fsp3) is 0.120. The first kappa shape index (κ1) is 21.6. The minimum absolute atomic E-state index is 0.0822. The van der Waals surface area contributed by atoms with Gasteiger partial charge in [-0.15, -0.1) is 0 Å². The number of ether oxygens (including phenoxy) is 2. The Bertz CT molecular complexity index is 1110. The summed E-state index contributed by atoms with van der Waals surface area (Å²) in [6.07, 6.45) is 1.57. The normalized spacial score (nSPS) is 10.9. The van der Waals surface area contributed by atoms with Crippen molar-refractivity contribution in [1.82, 2.24) is 5.32 Å². The SMILES string of the molecule is COc1ccc(C=C(NC(=O)c2cccc(C)c2)C(=O)Nc2ccccc2)c(OC)c1. The number of rotatable bonds is 7. The summed E-state index contributed by atoms with van der Waals surface area (Å²) < 4.78 is 10.7. The van der Waals surface area contributed by atoms with Gasteiger partial charge in [-0.25, -0.2) is 0 Å². The predicted molar refractivity (Wildman–Crippen MR) is 121 cm³/mol. The number of methoxy groups -OCH3 is 2. The van der Waals surface area contributed by atoms with E-state index in [1.807, 2.05) is 31.2 Å². The molecular formula is C25H24N2O4. The molecule has 0 aliphatic carbocycles. The highest BCUT2D eigenvalue weighted by Crippen LogP contribution is 2.26. The lowest BCUT2D eigenvalue weighted by Crippen LogP contribution is -2.30. The number of para-hydroxylation sites is 1. The summed E-state index contributed by atoms with van der Waals surface area (Å²) in [4.78, 5) is 25.8. The Labute approximate surface area is 181 Å². The lowest BCUT2D eigenvalue weighted by atomic mass is 10.1. The van der Waals surface area contributed by atoms with E-state index in [0.717, 1.165) is 5.56 Å². The van der Waals surface area contributed by atoms with Crippen LogP contribution in [0, 0.1) is 6.92 Å². The molecule has 0 bridgehead atoms. The lowest BCUT2D eigenvalue weighted by molar-refractivity contribution is -0.113. The van der Waals surface area contributed by atoms with Crippen LogP contribution < -0.4 is 20.1 Å². The van der Waals surface area contributed by atoms with Crippen molar-refractivity contribution < 1.29 is 19.1 Å². The molecule has 0 spiro atoms. The number of nitrogens with one attached hydrogen (secondary N) is 2. The molecule has 0 aliphatic rings. The second kappa shape index (κ2) is 10.1. The van der Waals surface area contributed by atoms with Crippen molar-refractivity contribution in [2.75, 3.05) is 19.5 Å². The number of carbonyl (C=O) groups is 2. The maximum Gasteiger partial charge on any atom is 0.272 e. The zero-order chi connectivity index (χ0) is 22.2. The quantitative estimate of drug-likeness (QED) is 0.559. The minimum Gasteiger partial charge on any atom is -0.497 e. The molecule has 3 aromatic rings. The van der Waals surface area contributed by atoms with E-state index in [9.17, 15) is 9.59 Å². The molecule has 0 atom stereocenters. The number of amides is 2. The highest BCUT2D eigenvalue weighted by atomic mass is 16.5. The molecule has 0 saturated heterocycles. The van der Waals surface area contributed by atoms with E-state index in [-0.39, 0.29) is 11.6 Å². The van der Waals surface area contributed by atoms with Crippen molar-refractivity contribution in [2.45, 2.75) is 6.92 Å². The number of benzene rings is 3. The summed E-state index contributed by atoms with van der Waals surface area (Å²) in [5.74, 6) is 0.290. The van der Waals surface area contributed by atoms with Crippen molar-refractivity contribution in [1.29, 1.82) is 0 Å². The number of carbonyl (C=O) groups excluding carboxylic acids is 2. The summed E-state index contributed by atoms with van der Waals surface area (Å²) >= 11 is 0. The summed E-state index contributed by atoms with van der Waals surface area (Å²) in [6, 6.07) is 21.4. The van der Waals surface area contributed by atoms with Crippen LogP contribution in [0.25, 0.3) is 6.08 Å². The Morgan fingerprint density at radius 3 is 2.32 bits per heavy atom. The first-order valence-corrected chi connectivity index (χ1v) is 9.68. The number of aryl methyl sites for hydroxylation is 1. The van der Waals surface area contributed by atoms with Crippen molar-refractivity contribution >= 4 is 23.6 Å². The standard InChI is InChI=1S/C25H24N2O4/c1-17-8-7-9-19(14-17)24(28)27-22(25(29)26-20-10-5-4-6-11-20)15-18-12-13-21(30-2)16-23(18)31-3/h4-16H,1-3H3,(H,26,29)(H,27,28). The van der Waals surface area contributed by atoms with Gasteiger partial charge in [-0.1, -0.05) is 35.9 Å². The predicted octanol–water partition coefficient (Wildman–Crippen LogP) is 4.42. The van der Waals surface area contributed by atoms with Gasteiger partial charge in [0.25, 0.3) is 11.8 Å². The summed E-state index contributed by atoms with van der Waals surface area (Å²) in [5.41, 5.74) is 2.72. The van der Waals surface area contributed by atoms with Gasteiger partial charge in [0.15, 0.2) is 0 Å². The van der Waals surface area contributed by atoms with Gasteiger partial charge in [0.05, 0.1) is 14.2 Å². The molecule has 0 aliphatic heterocycles. The Hall–Kier alpha value is -4.06. The molecule has 0 radical (unpaired) electrons. The molecule has 3 rings (SSSR count). The second-order valence-electron chi connectivity index (χ2n) is 6.81. The van der Waals surface area contributed by atoms with Crippen molar-refractivity contribution in [3.05, 3.63) is 95.2 Å². The third kappa shape index (κ3) is 5.73. The molecule has 2 N–H and O–H groups in total. The first-order valence-electron chi connectivity index (χ1n) is 9.68. The molecule has 3 aromatic carbocycles. The van der Waals surface area contributed by atoms with E-state index in [4.69, 9.17) is 9.47 Å². The molecule has 0 aromatic heterocycles. The zero-order valence-electron chi connectivity index (χ0n) is 17.6. The summed E-state index contributed by atoms with van der Waals surface area (Å²) in [5, 5.41) is 5.54. The van der Waals surface area contributed by atoms with Crippen LogP contribution in [0.1, 0.15) is 21.5 Å². The molecule has 31 heavy (non-hydrogen) atoms. The molecule has 158 valence electrons. The fourth-order valence-electron chi connectivity index (χ4n) is 2.95. The first-order chi connectivity index (χ1) is 15.0. The van der Waals surface area contributed by atoms with Gasteiger partial charge in [0.2, 0.25) is 0 Å². The highest BCUT2D eigenvalue weighted by molar-refractivity contribution is 6.10. The largest absolute Gasteiger partial charge is 0.497 e. The molecule has 2 amide bonds. The van der Waals surface area contributed by atoms with Crippen LogP contribution >= 0.6 is 0 Å². The van der Waals surface area contributed by atoms with E-state index in [2.05, 4.69) is 10.6 Å². The van der Waals surface area contributed by atoms with E-state index in [1.165, 1.54) is 7.11 Å². The highest BCUT2D eigenvalue weighted by Gasteiger charge is 2.16. The molecule has 6 heteroatoms. The van der Waals surface area contributed by atoms with Crippen LogP contribution in [-0.4, -0.2) is 26.0 Å². The topological polar surface area (TPSA) is 76.7 Å². The molecule has 0 fully saturated rings. The average molecular weight is 416 g/mol. The minimum atomic E-state index is -0.454. The number of anilines is 1. The summed E-state index contributed by atoms with van der Waals surface area (Å²) in [7, 11) is 3.09. The number of hydrogen-bond acceptors (Lipinski definition) is 4. The number of hydrogen-bond donors (Lipinski definition) is 2. The third-order valence-electron chi connectivity index (χ3n) is 4.55. The lowest BCUT2D eigenvalue weighted by Gasteiger charge is -2.13. The summed E-state index contributed by atoms with van der Waals surface area (Å²) in [6.45, 7) is 1.90. The van der Waals surface area contributed by atoms with Crippen LogP contribution in [-0.2, 0) is 4.79 Å². The third-order valence-corrected chi connectivity index (χ3v) is 4.55. The van der Waals surface area contributed by atoms with Crippen molar-refractivity contribution in [3.63, 3.8) is 0 Å². The Balaban J connectivity index is 1.96. The van der Waals surface area contributed by atoms with Gasteiger partial charge >= 0.3 is 0 Å². The smallest absolute Gasteiger partial charge is 0.272 e. The van der Waals surface area contributed by atoms with Crippen LogP contribution in [0.4, 0.5) is 5.69 Å². The van der Waals surface area contributed by atoms with E-state index in [0.29, 0.717) is 28.3 Å². The zero-order valence-corrected chi connectivity index (χ0v) is 17.6. The van der Waals surface area contributed by atoms with E-state index in [1.54, 1.807) is 61.7 Å². The Kier molecular flexibility index (Phi) is 7.06. The monoisotopic (exact) mass is 416 g/mol. The van der Waals surface area contributed by atoms with Gasteiger partial charge in [0, 0.05) is 22.9 Å². The van der Waals surface area contributed by atoms with Gasteiger partial charge in [-0.05, 0) is 49.4 Å². The van der Waals surface area contributed by atoms with Gasteiger partial charge in [0.1, 0.15) is 17.2 Å². The molecule has 0 unspecified atom stereocenters. The Morgan fingerprint density at radius 2 is 1.65 bits per heavy atom. The van der Waals surface area contributed by atoms with Gasteiger partial charge in [-0.3, -0.25) is 9.59 Å². The van der Waals surface area contributed by atoms with Crippen LogP contribution in [0.2, 0.25) is 0 Å². The molecular weight excluding hydrogens is 392 g/mol. The van der Waals surface area contributed by atoms with Crippen molar-refractivity contribution in [3.8, 4) is 11.5 Å². The van der Waals surface area contributed by atoms with Gasteiger partial charge in [-0.2, -0.15) is 0 Å². The molecule has 0 heterocycles.